The number of nitrogens with two attached hydrogens (primary N) is 1. The lowest BCUT2D eigenvalue weighted by atomic mass is 10.2. The summed E-state index contributed by atoms with van der Waals surface area (Å²) in [5.74, 6) is 0.0729. The van der Waals surface area contributed by atoms with Crippen LogP contribution in [0.25, 0.3) is 10.9 Å². The van der Waals surface area contributed by atoms with Crippen molar-refractivity contribution in [3.63, 3.8) is 0 Å². The molecule has 1 aliphatic heterocycles. The van der Waals surface area contributed by atoms with E-state index in [-0.39, 0.29) is 18.2 Å². The second kappa shape index (κ2) is 4.44. The molecule has 3 N–H and O–H groups in total. The van der Waals surface area contributed by atoms with Crippen LogP contribution in [0.3, 0.4) is 0 Å². The predicted octanol–water partition coefficient (Wildman–Crippen LogP) is 0.381. The number of imide groups is 1. The number of anilines is 2. The van der Waals surface area contributed by atoms with E-state index in [1.54, 1.807) is 18.2 Å². The van der Waals surface area contributed by atoms with Crippen molar-refractivity contribution < 1.29 is 9.59 Å². The van der Waals surface area contributed by atoms with Gasteiger partial charge in [-0.15, -0.1) is 0 Å². The van der Waals surface area contributed by atoms with E-state index in [1.807, 2.05) is 0 Å². The van der Waals surface area contributed by atoms with Gasteiger partial charge in [-0.2, -0.15) is 0 Å². The maximum absolute atomic E-state index is 11.9. The summed E-state index contributed by atoms with van der Waals surface area (Å²) >= 11 is 0. The van der Waals surface area contributed by atoms with Crippen molar-refractivity contribution in [2.24, 2.45) is 0 Å². The molecule has 0 bridgehead atoms. The maximum atomic E-state index is 11.9. The maximum Gasteiger partial charge on any atom is 0.251 e. The average Bonchev–Trinajstić information content (AvgIpc) is 2.66. The summed E-state index contributed by atoms with van der Waals surface area (Å²) in [5, 5.41) is 3.77. The van der Waals surface area contributed by atoms with Crippen molar-refractivity contribution >= 4 is 34.2 Å². The molecule has 102 valence electrons. The summed E-state index contributed by atoms with van der Waals surface area (Å²) in [7, 11) is 1.48. The Morgan fingerprint density at radius 1 is 1.35 bits per heavy atom. The van der Waals surface area contributed by atoms with Crippen LogP contribution >= 0.6 is 0 Å². The van der Waals surface area contributed by atoms with Crippen molar-refractivity contribution in [1.29, 1.82) is 0 Å². The number of carbonyl (C=O) groups excluding carboxylic acids is 2. The number of likely N-dealkylation sites (tertiary alicyclic amines) is 1. The minimum Gasteiger partial charge on any atom is -0.399 e. The minimum absolute atomic E-state index is 0.135. The molecule has 1 aromatic carbocycles. The zero-order chi connectivity index (χ0) is 14.3. The highest BCUT2D eigenvalue weighted by Crippen LogP contribution is 2.23. The van der Waals surface area contributed by atoms with Crippen LogP contribution in [0.15, 0.2) is 24.5 Å². The zero-order valence-corrected chi connectivity index (χ0v) is 10.8. The molecule has 2 heterocycles. The molecule has 0 saturated carbocycles. The van der Waals surface area contributed by atoms with E-state index in [2.05, 4.69) is 15.3 Å². The van der Waals surface area contributed by atoms with Crippen molar-refractivity contribution in [3.8, 4) is 0 Å². The summed E-state index contributed by atoms with van der Waals surface area (Å²) < 4.78 is 0. The molecule has 1 unspecified atom stereocenters. The van der Waals surface area contributed by atoms with Gasteiger partial charge in [-0.1, -0.05) is 0 Å². The molecule has 1 aliphatic rings. The first kappa shape index (κ1) is 12.3. The van der Waals surface area contributed by atoms with Gasteiger partial charge in [0.15, 0.2) is 0 Å². The highest BCUT2D eigenvalue weighted by Gasteiger charge is 2.36. The van der Waals surface area contributed by atoms with Crippen LogP contribution in [-0.2, 0) is 9.59 Å². The zero-order valence-electron chi connectivity index (χ0n) is 10.8. The van der Waals surface area contributed by atoms with Crippen LogP contribution in [0.1, 0.15) is 6.42 Å². The van der Waals surface area contributed by atoms with Crippen LogP contribution in [0.5, 0.6) is 0 Å². The van der Waals surface area contributed by atoms with Crippen LogP contribution in [0.4, 0.5) is 11.5 Å². The number of likely N-dealkylation sites (N-methyl/N-ethyl adjacent to an activating group) is 1. The van der Waals surface area contributed by atoms with E-state index in [0.717, 1.165) is 10.3 Å². The first-order chi connectivity index (χ1) is 9.56. The molecule has 1 fully saturated rings. The van der Waals surface area contributed by atoms with Crippen LogP contribution < -0.4 is 11.1 Å². The smallest absolute Gasteiger partial charge is 0.251 e. The summed E-state index contributed by atoms with van der Waals surface area (Å²) in [6, 6.07) is 4.68. The molecule has 1 aromatic heterocycles. The van der Waals surface area contributed by atoms with Gasteiger partial charge in [0.1, 0.15) is 18.2 Å². The summed E-state index contributed by atoms with van der Waals surface area (Å²) in [5.41, 5.74) is 7.00. The number of nitrogens with one attached hydrogen (secondary N) is 1. The lowest BCUT2D eigenvalue weighted by Gasteiger charge is -2.13. The Hall–Kier alpha value is -2.70. The number of rotatable bonds is 2. The van der Waals surface area contributed by atoms with E-state index < -0.39 is 6.04 Å². The molecule has 0 spiro atoms. The topological polar surface area (TPSA) is 101 Å². The van der Waals surface area contributed by atoms with Crippen LogP contribution in [-0.4, -0.2) is 39.8 Å². The normalized spacial score (nSPS) is 18.9. The van der Waals surface area contributed by atoms with Gasteiger partial charge in [0.25, 0.3) is 5.91 Å². The first-order valence-electron chi connectivity index (χ1n) is 6.13. The fourth-order valence-electron chi connectivity index (χ4n) is 2.22. The molecule has 0 aliphatic carbocycles. The van der Waals surface area contributed by atoms with Gasteiger partial charge in [-0.3, -0.25) is 14.5 Å². The summed E-state index contributed by atoms with van der Waals surface area (Å²) in [6.07, 6.45) is 1.53. The number of nitrogen functional groups attached to an aromatic ring is 1. The molecular weight excluding hydrogens is 258 g/mol. The van der Waals surface area contributed by atoms with E-state index in [0.29, 0.717) is 17.0 Å². The minimum atomic E-state index is -0.580. The number of carbonyl (C=O) groups is 2. The lowest BCUT2D eigenvalue weighted by Crippen LogP contribution is -2.32. The third-order valence-corrected chi connectivity index (χ3v) is 3.35. The van der Waals surface area contributed by atoms with Crippen LogP contribution in [0, 0.1) is 0 Å². The molecule has 0 radical (unpaired) electrons. The molecule has 1 atom stereocenters. The molecule has 7 nitrogen and oxygen atoms in total. The van der Waals surface area contributed by atoms with Crippen molar-refractivity contribution in [2.45, 2.75) is 12.5 Å². The Bertz CT molecular complexity index is 715. The van der Waals surface area contributed by atoms with E-state index in [4.69, 9.17) is 5.73 Å². The van der Waals surface area contributed by atoms with Gasteiger partial charge < -0.3 is 11.1 Å². The summed E-state index contributed by atoms with van der Waals surface area (Å²) in [4.78, 5) is 32.8. The molecule has 2 amide bonds. The predicted molar refractivity (Wildman–Crippen MR) is 73.8 cm³/mol. The number of fused-ring (bicyclic) bond motifs is 1. The van der Waals surface area contributed by atoms with Gasteiger partial charge in [-0.05, 0) is 18.2 Å². The van der Waals surface area contributed by atoms with Gasteiger partial charge in [0.05, 0.1) is 11.9 Å². The Morgan fingerprint density at radius 3 is 2.85 bits per heavy atom. The van der Waals surface area contributed by atoms with E-state index in [9.17, 15) is 9.59 Å². The molecular formula is C13H13N5O2. The fraction of sp³-hybridized carbons (Fsp3) is 0.231. The Labute approximate surface area is 114 Å². The Balaban J connectivity index is 1.96. The van der Waals surface area contributed by atoms with Crippen molar-refractivity contribution in [1.82, 2.24) is 14.9 Å². The molecule has 20 heavy (non-hydrogen) atoms. The quantitative estimate of drug-likeness (QED) is 0.605. The second-order valence-corrected chi connectivity index (χ2v) is 4.69. The van der Waals surface area contributed by atoms with Gasteiger partial charge >= 0.3 is 0 Å². The first-order valence-corrected chi connectivity index (χ1v) is 6.13. The third-order valence-electron chi connectivity index (χ3n) is 3.35. The molecule has 1 saturated heterocycles. The summed E-state index contributed by atoms with van der Waals surface area (Å²) in [6.45, 7) is 0. The third kappa shape index (κ3) is 1.93. The molecule has 2 aromatic rings. The molecule has 7 heteroatoms. The van der Waals surface area contributed by atoms with Crippen molar-refractivity contribution in [2.75, 3.05) is 18.1 Å². The number of benzene rings is 1. The Morgan fingerprint density at radius 2 is 2.15 bits per heavy atom. The number of hydrogen-bond donors (Lipinski definition) is 2. The Kier molecular flexibility index (Phi) is 2.74. The van der Waals surface area contributed by atoms with E-state index >= 15 is 0 Å². The number of amides is 2. The lowest BCUT2D eigenvalue weighted by molar-refractivity contribution is -0.136. The fourth-order valence-corrected chi connectivity index (χ4v) is 2.22. The standard InChI is InChI=1S/C13H13N5O2/c1-18-11(19)5-10(13(18)20)17-12-8-3-2-7(14)4-9(8)15-6-16-12/h2-4,6,10H,5,14H2,1H3,(H,15,16,17). The number of hydrogen-bond acceptors (Lipinski definition) is 6. The molecule has 3 rings (SSSR count). The van der Waals surface area contributed by atoms with Crippen LogP contribution in [0.2, 0.25) is 0 Å². The second-order valence-electron chi connectivity index (χ2n) is 4.69. The van der Waals surface area contributed by atoms with Gasteiger partial charge in [-0.25, -0.2) is 9.97 Å². The average molecular weight is 271 g/mol. The van der Waals surface area contributed by atoms with Crippen molar-refractivity contribution in [3.05, 3.63) is 24.5 Å². The monoisotopic (exact) mass is 271 g/mol. The largest absolute Gasteiger partial charge is 0.399 e. The number of nitrogens with zero attached hydrogens (tertiary/aromatic N) is 3. The SMILES string of the molecule is CN1C(=O)CC(Nc2ncnc3cc(N)ccc23)C1=O. The highest BCUT2D eigenvalue weighted by atomic mass is 16.2. The highest BCUT2D eigenvalue weighted by molar-refractivity contribution is 6.07. The van der Waals surface area contributed by atoms with E-state index in [1.165, 1.54) is 13.4 Å². The van der Waals surface area contributed by atoms with Gasteiger partial charge in [0, 0.05) is 18.1 Å². The number of aromatic nitrogens is 2. The van der Waals surface area contributed by atoms with Gasteiger partial charge in [0.2, 0.25) is 5.91 Å².